The summed E-state index contributed by atoms with van der Waals surface area (Å²) >= 11 is 0. The molecule has 2 atom stereocenters. The second-order valence-corrected chi connectivity index (χ2v) is 10.5. The number of ketones is 5. The molecular weight excluding hydrogens is 464 g/mol. The Morgan fingerprint density at radius 1 is 1.03 bits per heavy atom. The van der Waals surface area contributed by atoms with Crippen LogP contribution in [0, 0.1) is 5.92 Å². The molecule has 4 rings (SSSR count). The molecule has 1 aromatic carbocycles. The normalized spacial score (nSPS) is 24.3. The molecule has 1 unspecified atom stereocenters. The van der Waals surface area contributed by atoms with Crippen molar-refractivity contribution in [3.05, 3.63) is 58.3 Å². The topological polar surface area (TPSA) is 136 Å². The van der Waals surface area contributed by atoms with Crippen LogP contribution in [0.3, 0.4) is 0 Å². The summed E-state index contributed by atoms with van der Waals surface area (Å²) in [5.74, 6) is -3.52. The van der Waals surface area contributed by atoms with Gasteiger partial charge in [-0.15, -0.1) is 0 Å². The zero-order valence-electron chi connectivity index (χ0n) is 20.7. The number of hydrogen-bond donors (Lipinski definition) is 2. The summed E-state index contributed by atoms with van der Waals surface area (Å²) in [7, 11) is 0. The number of amides is 1. The van der Waals surface area contributed by atoms with Crippen molar-refractivity contribution in [2.24, 2.45) is 5.92 Å². The highest BCUT2D eigenvalue weighted by Gasteiger charge is 2.54. The number of alkyl carbamates (subject to hydrolysis) is 1. The summed E-state index contributed by atoms with van der Waals surface area (Å²) in [6.07, 6.45) is 3.68. The maximum Gasteiger partial charge on any atom is 0.407 e. The van der Waals surface area contributed by atoms with Gasteiger partial charge in [-0.2, -0.15) is 0 Å². The Morgan fingerprint density at radius 3 is 2.31 bits per heavy atom. The van der Waals surface area contributed by atoms with Gasteiger partial charge in [0.25, 0.3) is 0 Å². The van der Waals surface area contributed by atoms with Gasteiger partial charge in [-0.25, -0.2) is 4.79 Å². The van der Waals surface area contributed by atoms with E-state index in [4.69, 9.17) is 4.74 Å². The molecule has 0 aromatic heterocycles. The van der Waals surface area contributed by atoms with Crippen LogP contribution in [-0.2, 0) is 19.7 Å². The summed E-state index contributed by atoms with van der Waals surface area (Å²) < 4.78 is 5.17. The highest BCUT2D eigenvalue weighted by Crippen LogP contribution is 2.50. The van der Waals surface area contributed by atoms with E-state index in [1.54, 1.807) is 20.8 Å². The van der Waals surface area contributed by atoms with Gasteiger partial charge < -0.3 is 15.4 Å². The van der Waals surface area contributed by atoms with E-state index in [0.29, 0.717) is 12.0 Å². The van der Waals surface area contributed by atoms with Crippen LogP contribution in [0.5, 0.6) is 0 Å². The fraction of sp³-hybridized carbons (Fsp3) is 0.407. The predicted octanol–water partition coefficient (Wildman–Crippen LogP) is 2.62. The number of Topliss-reactive ketones (excluding diaryl/α,β-unsaturated/α-hetero) is 3. The Labute approximate surface area is 208 Å². The van der Waals surface area contributed by atoms with Crippen LogP contribution < -0.4 is 10.6 Å². The second kappa shape index (κ2) is 8.96. The molecule has 2 N–H and O–H groups in total. The van der Waals surface area contributed by atoms with Crippen molar-refractivity contribution in [2.75, 3.05) is 13.1 Å². The number of rotatable bonds is 4. The smallest absolute Gasteiger partial charge is 0.407 e. The lowest BCUT2D eigenvalue weighted by atomic mass is 9.55. The maximum atomic E-state index is 13.3. The first-order valence-corrected chi connectivity index (χ1v) is 11.8. The summed E-state index contributed by atoms with van der Waals surface area (Å²) in [6, 6.07) is 2.88. The Kier molecular flexibility index (Phi) is 6.28. The number of fused-ring (bicyclic) bond motifs is 4. The van der Waals surface area contributed by atoms with Gasteiger partial charge in [0, 0.05) is 53.4 Å². The van der Waals surface area contributed by atoms with Gasteiger partial charge in [-0.1, -0.05) is 6.92 Å². The van der Waals surface area contributed by atoms with Gasteiger partial charge >= 0.3 is 6.09 Å². The van der Waals surface area contributed by atoms with Gasteiger partial charge in [-0.3, -0.25) is 24.0 Å². The SMILES string of the molecule is CC(C)(C)OC(=O)NCCN/C=C1\C(=O)CC[C@@]2(C)c3cc4c(cc3C(=O)C(=O)C12)C(=O)C=CC4=O. The molecule has 0 spiro atoms. The molecule has 1 saturated carbocycles. The first-order valence-electron chi connectivity index (χ1n) is 11.8. The molecule has 0 saturated heterocycles. The monoisotopic (exact) mass is 492 g/mol. The molecule has 0 heterocycles. The van der Waals surface area contributed by atoms with Crippen LogP contribution >= 0.6 is 0 Å². The Bertz CT molecular complexity index is 1280. The van der Waals surface area contributed by atoms with Crippen molar-refractivity contribution in [1.29, 1.82) is 0 Å². The number of carbonyl (C=O) groups excluding carboxylic acids is 6. The van der Waals surface area contributed by atoms with Crippen molar-refractivity contribution in [1.82, 2.24) is 10.6 Å². The molecule has 3 aliphatic carbocycles. The third-order valence-corrected chi connectivity index (χ3v) is 6.76. The highest BCUT2D eigenvalue weighted by atomic mass is 16.6. The molecule has 9 heteroatoms. The molecule has 1 fully saturated rings. The lowest BCUT2D eigenvalue weighted by Crippen LogP contribution is -2.51. The minimum atomic E-state index is -1.02. The molecule has 36 heavy (non-hydrogen) atoms. The number of hydrogen-bond acceptors (Lipinski definition) is 8. The maximum absolute atomic E-state index is 13.3. The zero-order valence-corrected chi connectivity index (χ0v) is 20.7. The summed E-state index contributed by atoms with van der Waals surface area (Å²) in [5, 5.41) is 5.55. The van der Waals surface area contributed by atoms with Crippen molar-refractivity contribution in [2.45, 2.75) is 51.6 Å². The Morgan fingerprint density at radius 2 is 1.67 bits per heavy atom. The fourth-order valence-electron chi connectivity index (χ4n) is 5.05. The summed E-state index contributed by atoms with van der Waals surface area (Å²) in [4.78, 5) is 75.8. The Hall–Kier alpha value is -3.88. The van der Waals surface area contributed by atoms with Crippen LogP contribution in [0.1, 0.15) is 77.2 Å². The number of carbonyl (C=O) groups is 6. The molecule has 1 amide bonds. The molecule has 0 aliphatic heterocycles. The lowest BCUT2D eigenvalue weighted by molar-refractivity contribution is -0.126. The molecule has 188 valence electrons. The second-order valence-electron chi connectivity index (χ2n) is 10.5. The third kappa shape index (κ3) is 4.41. The van der Waals surface area contributed by atoms with Gasteiger partial charge in [-0.05, 0) is 57.0 Å². The van der Waals surface area contributed by atoms with Crippen molar-refractivity contribution >= 4 is 35.0 Å². The third-order valence-electron chi connectivity index (χ3n) is 6.76. The van der Waals surface area contributed by atoms with E-state index >= 15 is 0 Å². The van der Waals surface area contributed by atoms with E-state index in [1.807, 2.05) is 6.92 Å². The minimum Gasteiger partial charge on any atom is -0.444 e. The van der Waals surface area contributed by atoms with Crippen molar-refractivity contribution < 1.29 is 33.5 Å². The molecule has 3 aliphatic rings. The number of ether oxygens (including phenoxy) is 1. The summed E-state index contributed by atoms with van der Waals surface area (Å²) in [6.45, 7) is 7.53. The van der Waals surface area contributed by atoms with Crippen LogP contribution in [0.15, 0.2) is 36.1 Å². The number of allylic oxidation sites excluding steroid dienone is 3. The average molecular weight is 493 g/mol. The van der Waals surface area contributed by atoms with Crippen molar-refractivity contribution in [3.63, 3.8) is 0 Å². The van der Waals surface area contributed by atoms with Gasteiger partial charge in [0.15, 0.2) is 17.3 Å². The average Bonchev–Trinajstić information content (AvgIpc) is 2.80. The minimum absolute atomic E-state index is 0.103. The van der Waals surface area contributed by atoms with Gasteiger partial charge in [0.2, 0.25) is 11.6 Å². The van der Waals surface area contributed by atoms with E-state index in [2.05, 4.69) is 10.6 Å². The van der Waals surface area contributed by atoms with Crippen LogP contribution in [0.4, 0.5) is 4.79 Å². The van der Waals surface area contributed by atoms with Crippen molar-refractivity contribution in [3.8, 4) is 0 Å². The van der Waals surface area contributed by atoms with E-state index in [-0.39, 0.29) is 53.3 Å². The Balaban J connectivity index is 1.61. The van der Waals surface area contributed by atoms with E-state index in [1.165, 1.54) is 24.4 Å². The first kappa shape index (κ1) is 25.2. The summed E-state index contributed by atoms with van der Waals surface area (Å²) in [5.41, 5.74) is -0.450. The predicted molar refractivity (Wildman–Crippen MR) is 129 cm³/mol. The van der Waals surface area contributed by atoms with Crippen LogP contribution in [0.2, 0.25) is 0 Å². The first-order chi connectivity index (χ1) is 16.8. The largest absolute Gasteiger partial charge is 0.444 e. The molecule has 9 nitrogen and oxygen atoms in total. The quantitative estimate of drug-likeness (QED) is 0.372. The molecule has 0 radical (unpaired) electrons. The number of nitrogens with one attached hydrogen (secondary N) is 2. The highest BCUT2D eigenvalue weighted by molar-refractivity contribution is 6.47. The molecule has 0 bridgehead atoms. The van der Waals surface area contributed by atoms with E-state index in [0.717, 1.165) is 6.08 Å². The standard InChI is InChI=1S/C27H28N2O7/c1-26(2,3)36-25(35)29-10-9-28-13-17-21(32)7-8-27(4)18-12-15-14(19(30)5-6-20(15)31)11-16(18)23(33)24(34)22(17)27/h5-6,11-13,22,28H,7-10H2,1-4H3,(H,29,35)/b17-13+/t22?,27-/m0/s1. The fourth-order valence-corrected chi connectivity index (χ4v) is 5.05. The van der Waals surface area contributed by atoms with Crippen LogP contribution in [-0.4, -0.2) is 53.7 Å². The molecular formula is C27H28N2O7. The van der Waals surface area contributed by atoms with Crippen LogP contribution in [0.25, 0.3) is 0 Å². The molecule has 1 aromatic rings. The van der Waals surface area contributed by atoms with E-state index in [9.17, 15) is 28.8 Å². The zero-order chi connectivity index (χ0) is 26.4. The lowest BCUT2D eigenvalue weighted by Gasteiger charge is -2.45. The van der Waals surface area contributed by atoms with Gasteiger partial charge in [0.1, 0.15) is 5.60 Å². The van der Waals surface area contributed by atoms with Gasteiger partial charge in [0.05, 0.1) is 5.92 Å². The number of benzene rings is 1. The van der Waals surface area contributed by atoms with E-state index < -0.39 is 40.4 Å².